The first-order valence-electron chi connectivity index (χ1n) is 5.24. The van der Waals surface area contributed by atoms with Gasteiger partial charge in [0.2, 0.25) is 0 Å². The van der Waals surface area contributed by atoms with Gasteiger partial charge in [0.05, 0.1) is 5.56 Å². The van der Waals surface area contributed by atoms with Crippen molar-refractivity contribution in [2.45, 2.75) is 6.92 Å². The fourth-order valence-corrected chi connectivity index (χ4v) is 2.09. The van der Waals surface area contributed by atoms with E-state index in [4.69, 9.17) is 10.00 Å². The highest BCUT2D eigenvalue weighted by Gasteiger charge is 2.06. The Bertz CT molecular complexity index is 632. The first kappa shape index (κ1) is 13.1. The van der Waals surface area contributed by atoms with Crippen LogP contribution in [0.15, 0.2) is 45.3 Å². The van der Waals surface area contributed by atoms with Crippen LogP contribution in [0.2, 0.25) is 0 Å². The van der Waals surface area contributed by atoms with Crippen molar-refractivity contribution in [2.75, 3.05) is 0 Å². The number of aryl methyl sites for hydroxylation is 1. The zero-order chi connectivity index (χ0) is 13.1. The Morgan fingerprint density at radius 2 is 1.89 bits per heavy atom. The third kappa shape index (κ3) is 2.92. The molecular formula is C14H9Br2NO. The van der Waals surface area contributed by atoms with E-state index in [2.05, 4.69) is 37.9 Å². The summed E-state index contributed by atoms with van der Waals surface area (Å²) in [6.45, 7) is 1.99. The van der Waals surface area contributed by atoms with E-state index in [1.807, 2.05) is 31.2 Å². The summed E-state index contributed by atoms with van der Waals surface area (Å²) in [6.07, 6.45) is 0. The molecule has 4 heteroatoms. The number of ether oxygens (including phenoxy) is 1. The van der Waals surface area contributed by atoms with Crippen LogP contribution in [0.4, 0.5) is 0 Å². The number of nitrogens with zero attached hydrogens (tertiary/aromatic N) is 1. The van der Waals surface area contributed by atoms with Crippen LogP contribution < -0.4 is 4.74 Å². The van der Waals surface area contributed by atoms with E-state index in [1.165, 1.54) is 0 Å². The van der Waals surface area contributed by atoms with Crippen LogP contribution >= 0.6 is 31.9 Å². The quantitative estimate of drug-likeness (QED) is 0.733. The van der Waals surface area contributed by atoms with Gasteiger partial charge in [0, 0.05) is 8.95 Å². The van der Waals surface area contributed by atoms with Gasteiger partial charge in [-0.15, -0.1) is 0 Å². The molecule has 2 rings (SSSR count). The van der Waals surface area contributed by atoms with Crippen molar-refractivity contribution in [3.63, 3.8) is 0 Å². The Hall–Kier alpha value is -1.31. The van der Waals surface area contributed by atoms with Gasteiger partial charge in [-0.25, -0.2) is 0 Å². The second-order valence-corrected chi connectivity index (χ2v) is 5.54. The molecule has 0 aromatic heterocycles. The average molecular weight is 367 g/mol. The molecule has 0 heterocycles. The van der Waals surface area contributed by atoms with E-state index in [0.717, 1.165) is 20.3 Å². The predicted octanol–water partition coefficient (Wildman–Crippen LogP) is 5.18. The van der Waals surface area contributed by atoms with Gasteiger partial charge in [0.15, 0.2) is 0 Å². The lowest BCUT2D eigenvalue weighted by Crippen LogP contribution is -1.89. The molecule has 0 saturated heterocycles. The monoisotopic (exact) mass is 365 g/mol. The molecular weight excluding hydrogens is 358 g/mol. The topological polar surface area (TPSA) is 33.0 Å². The summed E-state index contributed by atoms with van der Waals surface area (Å²) in [6, 6.07) is 13.2. The number of halogens is 2. The smallest absolute Gasteiger partial charge is 0.145 e. The highest BCUT2D eigenvalue weighted by molar-refractivity contribution is 9.10. The molecule has 0 aliphatic heterocycles. The Kier molecular flexibility index (Phi) is 4.05. The second kappa shape index (κ2) is 5.55. The van der Waals surface area contributed by atoms with Crippen LogP contribution in [0.1, 0.15) is 11.1 Å². The molecule has 0 N–H and O–H groups in total. The van der Waals surface area contributed by atoms with E-state index in [-0.39, 0.29) is 0 Å². The van der Waals surface area contributed by atoms with Gasteiger partial charge in [0.1, 0.15) is 17.6 Å². The molecule has 0 fully saturated rings. The number of benzene rings is 2. The minimum Gasteiger partial charge on any atom is -0.456 e. The summed E-state index contributed by atoms with van der Waals surface area (Å²) in [5, 5.41) is 9.06. The second-order valence-electron chi connectivity index (χ2n) is 3.77. The SMILES string of the molecule is Cc1cc(Oc2ccc(Br)cc2C#N)ccc1Br. The van der Waals surface area contributed by atoms with Crippen molar-refractivity contribution in [1.82, 2.24) is 0 Å². The molecule has 0 aliphatic rings. The van der Waals surface area contributed by atoms with Gasteiger partial charge in [-0.1, -0.05) is 31.9 Å². The van der Waals surface area contributed by atoms with Gasteiger partial charge < -0.3 is 4.74 Å². The average Bonchev–Trinajstić information content (AvgIpc) is 2.36. The molecule has 2 nitrogen and oxygen atoms in total. The maximum absolute atomic E-state index is 9.06. The number of hydrogen-bond donors (Lipinski definition) is 0. The number of nitriles is 1. The van der Waals surface area contributed by atoms with Crippen molar-refractivity contribution in [1.29, 1.82) is 5.26 Å². The number of hydrogen-bond acceptors (Lipinski definition) is 2. The molecule has 0 amide bonds. The highest BCUT2D eigenvalue weighted by atomic mass is 79.9. The van der Waals surface area contributed by atoms with Crippen molar-refractivity contribution < 1.29 is 4.74 Å². The van der Waals surface area contributed by atoms with Crippen molar-refractivity contribution >= 4 is 31.9 Å². The molecule has 0 aliphatic carbocycles. The van der Waals surface area contributed by atoms with Gasteiger partial charge in [-0.3, -0.25) is 0 Å². The summed E-state index contributed by atoms with van der Waals surface area (Å²) in [5.74, 6) is 1.27. The first-order chi connectivity index (χ1) is 8.60. The van der Waals surface area contributed by atoms with Gasteiger partial charge >= 0.3 is 0 Å². The molecule has 0 unspecified atom stereocenters. The largest absolute Gasteiger partial charge is 0.456 e. The minimum absolute atomic E-state index is 0.505. The Morgan fingerprint density at radius 3 is 2.56 bits per heavy atom. The Balaban J connectivity index is 2.34. The van der Waals surface area contributed by atoms with Gasteiger partial charge in [0.25, 0.3) is 0 Å². The Morgan fingerprint density at radius 1 is 1.11 bits per heavy atom. The zero-order valence-corrected chi connectivity index (χ0v) is 12.7. The number of rotatable bonds is 2. The van der Waals surface area contributed by atoms with Crippen molar-refractivity contribution in [2.24, 2.45) is 0 Å². The van der Waals surface area contributed by atoms with Crippen LogP contribution in [-0.4, -0.2) is 0 Å². The molecule has 0 saturated carbocycles. The predicted molar refractivity (Wildman–Crippen MR) is 77.8 cm³/mol. The normalized spacial score (nSPS) is 9.89. The molecule has 2 aromatic carbocycles. The lowest BCUT2D eigenvalue weighted by molar-refractivity contribution is 0.480. The van der Waals surface area contributed by atoms with Crippen LogP contribution in [0.3, 0.4) is 0 Å². The molecule has 0 spiro atoms. The lowest BCUT2D eigenvalue weighted by Gasteiger charge is -2.09. The van der Waals surface area contributed by atoms with E-state index in [1.54, 1.807) is 12.1 Å². The summed E-state index contributed by atoms with van der Waals surface area (Å²) >= 11 is 6.77. The van der Waals surface area contributed by atoms with E-state index < -0.39 is 0 Å². The van der Waals surface area contributed by atoms with Crippen LogP contribution in [0.5, 0.6) is 11.5 Å². The molecule has 0 radical (unpaired) electrons. The van der Waals surface area contributed by atoms with E-state index >= 15 is 0 Å². The van der Waals surface area contributed by atoms with E-state index in [0.29, 0.717) is 11.3 Å². The first-order valence-corrected chi connectivity index (χ1v) is 6.82. The van der Waals surface area contributed by atoms with E-state index in [9.17, 15) is 0 Å². The van der Waals surface area contributed by atoms with Gasteiger partial charge in [-0.05, 0) is 48.9 Å². The maximum atomic E-state index is 9.06. The maximum Gasteiger partial charge on any atom is 0.145 e. The molecule has 0 bridgehead atoms. The fourth-order valence-electron chi connectivity index (χ4n) is 1.49. The minimum atomic E-state index is 0.505. The van der Waals surface area contributed by atoms with Crippen LogP contribution in [0.25, 0.3) is 0 Å². The third-order valence-electron chi connectivity index (χ3n) is 2.42. The summed E-state index contributed by atoms with van der Waals surface area (Å²) in [7, 11) is 0. The molecule has 90 valence electrons. The Labute approximate surface area is 122 Å². The summed E-state index contributed by atoms with van der Waals surface area (Å²) < 4.78 is 7.62. The standard InChI is InChI=1S/C14H9Br2NO/c1-9-6-12(3-4-13(9)16)18-14-5-2-11(15)7-10(14)8-17/h2-7H,1H3. The van der Waals surface area contributed by atoms with Crippen molar-refractivity contribution in [3.05, 3.63) is 56.5 Å². The van der Waals surface area contributed by atoms with Crippen LogP contribution in [0, 0.1) is 18.3 Å². The molecule has 18 heavy (non-hydrogen) atoms. The van der Waals surface area contributed by atoms with Crippen molar-refractivity contribution in [3.8, 4) is 17.6 Å². The summed E-state index contributed by atoms with van der Waals surface area (Å²) in [4.78, 5) is 0. The molecule has 0 atom stereocenters. The molecule has 2 aromatic rings. The van der Waals surface area contributed by atoms with Crippen LogP contribution in [-0.2, 0) is 0 Å². The highest BCUT2D eigenvalue weighted by Crippen LogP contribution is 2.29. The lowest BCUT2D eigenvalue weighted by atomic mass is 10.2. The van der Waals surface area contributed by atoms with Gasteiger partial charge in [-0.2, -0.15) is 5.26 Å². The fraction of sp³-hybridized carbons (Fsp3) is 0.0714. The summed E-state index contributed by atoms with van der Waals surface area (Å²) in [5.41, 5.74) is 1.59. The zero-order valence-electron chi connectivity index (χ0n) is 9.58. The third-order valence-corrected chi connectivity index (χ3v) is 3.80.